The minimum Gasteiger partial charge on any atom is -0.451 e. The van der Waals surface area contributed by atoms with Gasteiger partial charge in [-0.25, -0.2) is 0 Å². The highest BCUT2D eigenvalue weighted by molar-refractivity contribution is 8.00. The van der Waals surface area contributed by atoms with Gasteiger partial charge >= 0.3 is 5.97 Å². The van der Waals surface area contributed by atoms with Crippen LogP contribution in [0.5, 0.6) is 0 Å². The zero-order valence-electron chi connectivity index (χ0n) is 11.4. The second kappa shape index (κ2) is 9.77. The molecule has 5 unspecified atom stereocenters. The lowest BCUT2D eigenvalue weighted by Gasteiger charge is -2.23. The summed E-state index contributed by atoms with van der Waals surface area (Å²) in [5.74, 6) is -1.11. The average molecular weight is 334 g/mol. The van der Waals surface area contributed by atoms with Crippen LogP contribution in [-0.4, -0.2) is 23.8 Å². The number of aliphatic hydroxyl groups excluding tert-OH is 1. The smallest absolute Gasteiger partial charge is 0.316 e. The van der Waals surface area contributed by atoms with E-state index in [-0.39, 0.29) is 21.2 Å². The largest absolute Gasteiger partial charge is 0.451 e. The van der Waals surface area contributed by atoms with Crippen molar-refractivity contribution >= 4 is 32.9 Å². The summed E-state index contributed by atoms with van der Waals surface area (Å²) >= 11 is 0. The Kier molecular flexibility index (Phi) is 8.77. The van der Waals surface area contributed by atoms with Crippen LogP contribution in [0.25, 0.3) is 0 Å². The Labute approximate surface area is 126 Å². The van der Waals surface area contributed by atoms with Crippen molar-refractivity contribution in [1.82, 2.24) is 0 Å². The minimum absolute atomic E-state index is 0.185. The summed E-state index contributed by atoms with van der Waals surface area (Å²) in [6, 6.07) is 8.25. The number of aryl methyl sites for hydroxylation is 2. The summed E-state index contributed by atoms with van der Waals surface area (Å²) in [6.07, 6.45) is 1.11. The first-order chi connectivity index (χ1) is 9.62. The van der Waals surface area contributed by atoms with Gasteiger partial charge in [-0.2, -0.15) is 0 Å². The number of hydrogen-bond acceptors (Lipinski definition) is 4. The molecule has 1 aromatic rings. The van der Waals surface area contributed by atoms with E-state index in [4.69, 9.17) is 4.52 Å². The fourth-order valence-corrected chi connectivity index (χ4v) is 3.08. The predicted octanol–water partition coefficient (Wildman–Crippen LogP) is 2.64. The second-order valence-corrected chi connectivity index (χ2v) is 5.94. The standard InChI is InChI=1S/C13H21O4P3/c1-9-2-4-10(5-3-9)6-7-12(17-20-19)11(8-14)13(15)16-18/h2-5,11-12,14,20H,6-8,18-19H2,1H3. The Hall–Kier alpha value is -0.100. The lowest BCUT2D eigenvalue weighted by atomic mass is 9.97. The van der Waals surface area contributed by atoms with Crippen LogP contribution in [-0.2, 0) is 20.3 Å². The third-order valence-corrected chi connectivity index (χ3v) is 4.20. The lowest BCUT2D eigenvalue weighted by Crippen LogP contribution is -2.32. The van der Waals surface area contributed by atoms with Gasteiger partial charge in [0.25, 0.3) is 0 Å². The number of aliphatic hydroxyl groups is 1. The summed E-state index contributed by atoms with van der Waals surface area (Å²) in [6.45, 7) is 1.77. The molecule has 0 amide bonds. The van der Waals surface area contributed by atoms with Gasteiger partial charge in [0, 0.05) is 8.50 Å². The molecule has 0 heterocycles. The monoisotopic (exact) mass is 334 g/mol. The Morgan fingerprint density at radius 1 is 1.40 bits per heavy atom. The first-order valence-corrected chi connectivity index (χ1v) is 9.49. The molecule has 1 aromatic carbocycles. The molecule has 0 aromatic heterocycles. The summed E-state index contributed by atoms with van der Waals surface area (Å²) in [5, 5.41) is 9.36. The van der Waals surface area contributed by atoms with Crippen molar-refractivity contribution in [2.24, 2.45) is 5.92 Å². The SMILES string of the molecule is Cc1ccc(CCC(OPP)C(CO)C(=O)OP)cc1. The van der Waals surface area contributed by atoms with Crippen LogP contribution in [0.15, 0.2) is 24.3 Å². The van der Waals surface area contributed by atoms with Crippen molar-refractivity contribution in [1.29, 1.82) is 0 Å². The Balaban J connectivity index is 2.66. The summed E-state index contributed by atoms with van der Waals surface area (Å²) in [4.78, 5) is 11.6. The van der Waals surface area contributed by atoms with E-state index in [1.165, 1.54) is 11.1 Å². The zero-order chi connectivity index (χ0) is 15.0. The van der Waals surface area contributed by atoms with E-state index in [1.54, 1.807) is 0 Å². The van der Waals surface area contributed by atoms with Gasteiger partial charge in [0.15, 0.2) is 0 Å². The van der Waals surface area contributed by atoms with Crippen LogP contribution in [0.4, 0.5) is 0 Å². The Bertz CT molecular complexity index is 411. The average Bonchev–Trinajstić information content (AvgIpc) is 2.46. The topological polar surface area (TPSA) is 55.8 Å². The van der Waals surface area contributed by atoms with Crippen LogP contribution in [0, 0.1) is 12.8 Å². The van der Waals surface area contributed by atoms with E-state index < -0.39 is 11.9 Å². The van der Waals surface area contributed by atoms with Gasteiger partial charge < -0.3 is 14.2 Å². The molecular formula is C13H21O4P3. The Morgan fingerprint density at radius 3 is 2.55 bits per heavy atom. The first-order valence-electron chi connectivity index (χ1n) is 6.30. The van der Waals surface area contributed by atoms with Crippen LogP contribution in [0.1, 0.15) is 17.5 Å². The number of carbonyl (C=O) groups is 1. The molecule has 0 bridgehead atoms. The molecule has 0 radical (unpaired) electrons. The van der Waals surface area contributed by atoms with Gasteiger partial charge in [0.1, 0.15) is 5.92 Å². The second-order valence-electron chi connectivity index (χ2n) is 4.52. The fraction of sp³-hybridized carbons (Fsp3) is 0.462. The molecule has 112 valence electrons. The van der Waals surface area contributed by atoms with Crippen molar-refractivity contribution in [3.05, 3.63) is 35.4 Å². The molecule has 20 heavy (non-hydrogen) atoms. The van der Waals surface area contributed by atoms with Gasteiger partial charge in [-0.05, 0) is 25.3 Å². The molecule has 0 spiro atoms. The van der Waals surface area contributed by atoms with E-state index in [2.05, 4.69) is 37.7 Å². The molecular weight excluding hydrogens is 313 g/mol. The van der Waals surface area contributed by atoms with Gasteiger partial charge in [0.2, 0.25) is 0 Å². The van der Waals surface area contributed by atoms with Crippen molar-refractivity contribution in [2.75, 3.05) is 6.61 Å². The van der Waals surface area contributed by atoms with Crippen molar-refractivity contribution in [3.63, 3.8) is 0 Å². The van der Waals surface area contributed by atoms with E-state index in [0.717, 1.165) is 6.42 Å². The van der Waals surface area contributed by atoms with Crippen molar-refractivity contribution in [3.8, 4) is 0 Å². The maximum atomic E-state index is 11.6. The van der Waals surface area contributed by atoms with Crippen molar-refractivity contribution < 1.29 is 18.9 Å². The minimum atomic E-state index is -0.647. The molecule has 5 atom stereocenters. The molecule has 0 aliphatic rings. The van der Waals surface area contributed by atoms with E-state index >= 15 is 0 Å². The highest BCUT2D eigenvalue weighted by atomic mass is 32.0. The highest BCUT2D eigenvalue weighted by Crippen LogP contribution is 2.30. The van der Waals surface area contributed by atoms with Crippen molar-refractivity contribution in [2.45, 2.75) is 25.9 Å². The molecule has 0 aliphatic heterocycles. The molecule has 1 N–H and O–H groups in total. The van der Waals surface area contributed by atoms with Gasteiger partial charge in [-0.1, -0.05) is 38.8 Å². The lowest BCUT2D eigenvalue weighted by molar-refractivity contribution is -0.142. The number of rotatable bonds is 8. The predicted molar refractivity (Wildman–Crippen MR) is 88.8 cm³/mol. The zero-order valence-corrected chi connectivity index (χ0v) is 14.7. The molecule has 0 fully saturated rings. The van der Waals surface area contributed by atoms with Crippen LogP contribution in [0.2, 0.25) is 0 Å². The molecule has 0 aliphatic carbocycles. The molecule has 7 heteroatoms. The summed E-state index contributed by atoms with van der Waals surface area (Å²) in [5.41, 5.74) is 2.40. The van der Waals surface area contributed by atoms with Gasteiger partial charge in [0.05, 0.1) is 22.2 Å². The van der Waals surface area contributed by atoms with E-state index in [9.17, 15) is 9.90 Å². The molecule has 1 rings (SSSR count). The summed E-state index contributed by atoms with van der Waals surface area (Å²) < 4.78 is 10.2. The van der Waals surface area contributed by atoms with Crippen LogP contribution in [0.3, 0.4) is 0 Å². The third kappa shape index (κ3) is 5.72. The van der Waals surface area contributed by atoms with Crippen LogP contribution < -0.4 is 0 Å². The first kappa shape index (κ1) is 18.0. The van der Waals surface area contributed by atoms with Gasteiger partial charge in [-0.3, -0.25) is 4.79 Å². The van der Waals surface area contributed by atoms with E-state index in [1.807, 2.05) is 16.4 Å². The molecule has 0 saturated heterocycles. The molecule has 4 nitrogen and oxygen atoms in total. The van der Waals surface area contributed by atoms with Crippen LogP contribution >= 0.6 is 26.9 Å². The van der Waals surface area contributed by atoms with Gasteiger partial charge in [-0.15, -0.1) is 0 Å². The maximum Gasteiger partial charge on any atom is 0.316 e. The van der Waals surface area contributed by atoms with E-state index in [0.29, 0.717) is 6.42 Å². The highest BCUT2D eigenvalue weighted by Gasteiger charge is 2.29. The normalized spacial score (nSPS) is 14.4. The third-order valence-electron chi connectivity index (χ3n) is 3.12. The summed E-state index contributed by atoms with van der Waals surface area (Å²) in [7, 11) is 4.59. The molecule has 0 saturated carbocycles. The number of hydrogen-bond donors (Lipinski definition) is 1. The number of benzene rings is 1. The quantitative estimate of drug-likeness (QED) is 0.743. The Morgan fingerprint density at radius 2 is 2.05 bits per heavy atom. The maximum absolute atomic E-state index is 11.6. The fourth-order valence-electron chi connectivity index (χ4n) is 1.92. The number of carbonyl (C=O) groups excluding carboxylic acids is 1.